The lowest BCUT2D eigenvalue weighted by atomic mass is 9.82. The molecule has 0 bridgehead atoms. The maximum absolute atomic E-state index is 12.4. The Bertz CT molecular complexity index is 714. The third-order valence-corrected chi connectivity index (χ3v) is 7.29. The van der Waals surface area contributed by atoms with E-state index in [1.807, 2.05) is 19.9 Å². The van der Waals surface area contributed by atoms with Crippen molar-refractivity contribution in [1.82, 2.24) is 0 Å². The lowest BCUT2D eigenvalue weighted by Gasteiger charge is -2.24. The molecule has 0 heterocycles. The quantitative estimate of drug-likeness (QED) is 0.156. The summed E-state index contributed by atoms with van der Waals surface area (Å²) in [5.41, 5.74) is 3.54. The minimum atomic E-state index is -0.194. The van der Waals surface area contributed by atoms with Gasteiger partial charge in [-0.15, -0.1) is 0 Å². The van der Waals surface area contributed by atoms with Crippen molar-refractivity contribution < 1.29 is 14.6 Å². The molecule has 1 aromatic carbocycles. The molecule has 3 heteroatoms. The largest absolute Gasteiger partial charge is 0.507 e. The lowest BCUT2D eigenvalue weighted by molar-refractivity contribution is -0.143. The van der Waals surface area contributed by atoms with Crippen molar-refractivity contribution >= 4 is 5.97 Å². The number of phenols is 1. The Morgan fingerprint density at radius 3 is 1.63 bits per heavy atom. The Hall–Kier alpha value is -1.51. The molecule has 0 atom stereocenters. The summed E-state index contributed by atoms with van der Waals surface area (Å²) >= 11 is 0. The van der Waals surface area contributed by atoms with Crippen LogP contribution in [0, 0.1) is 13.8 Å². The number of aromatic hydroxyl groups is 1. The highest BCUT2D eigenvalue weighted by Crippen LogP contribution is 2.36. The van der Waals surface area contributed by atoms with Gasteiger partial charge < -0.3 is 9.84 Å². The molecule has 1 rings (SSSR count). The molecular weight excluding hydrogens is 432 g/mol. The maximum Gasteiger partial charge on any atom is 0.310 e. The van der Waals surface area contributed by atoms with E-state index in [-0.39, 0.29) is 17.8 Å². The fraction of sp³-hybridized carbons (Fsp3) is 0.781. The Balaban J connectivity index is 2.06. The number of aryl methyl sites for hydroxylation is 1. The summed E-state index contributed by atoms with van der Waals surface area (Å²) in [6, 6.07) is 2.01. The third-order valence-electron chi connectivity index (χ3n) is 7.29. The maximum atomic E-state index is 12.4. The summed E-state index contributed by atoms with van der Waals surface area (Å²) < 4.78 is 5.49. The highest BCUT2D eigenvalue weighted by molar-refractivity contribution is 5.74. The van der Waals surface area contributed by atoms with Crippen LogP contribution in [0.25, 0.3) is 0 Å². The number of esters is 1. The normalized spacial score (nSPS) is 11.7. The number of hydrogen-bond acceptors (Lipinski definition) is 3. The van der Waals surface area contributed by atoms with E-state index in [9.17, 15) is 9.90 Å². The van der Waals surface area contributed by atoms with Crippen molar-refractivity contribution in [3.8, 4) is 5.75 Å². The van der Waals surface area contributed by atoms with Crippen molar-refractivity contribution in [2.24, 2.45) is 0 Å². The second-order valence-electron chi connectivity index (χ2n) is 11.6. The Labute approximate surface area is 217 Å². The smallest absolute Gasteiger partial charge is 0.310 e. The van der Waals surface area contributed by atoms with Crippen LogP contribution < -0.4 is 0 Å². The van der Waals surface area contributed by atoms with E-state index in [0.29, 0.717) is 12.4 Å². The zero-order chi connectivity index (χ0) is 26.1. The van der Waals surface area contributed by atoms with Gasteiger partial charge in [0.1, 0.15) is 5.75 Å². The number of rotatable bonds is 19. The highest BCUT2D eigenvalue weighted by atomic mass is 16.5. The molecule has 0 aliphatic rings. The standard InChI is InChI=1S/C32H56O3/c1-7-8-9-10-11-12-13-14-15-16-17-18-19-20-21-22-23-35-30(33)25-28-26(2)24-29(32(4,5)6)31(34)27(28)3/h24,34H,7-23,25H2,1-6H3. The summed E-state index contributed by atoms with van der Waals surface area (Å²) in [7, 11) is 0. The molecule has 0 aromatic heterocycles. The average Bonchev–Trinajstić information content (AvgIpc) is 2.80. The van der Waals surface area contributed by atoms with Crippen molar-refractivity contribution in [1.29, 1.82) is 0 Å². The molecule has 0 amide bonds. The van der Waals surface area contributed by atoms with Gasteiger partial charge >= 0.3 is 5.97 Å². The van der Waals surface area contributed by atoms with E-state index in [1.165, 1.54) is 89.9 Å². The average molecular weight is 489 g/mol. The lowest BCUT2D eigenvalue weighted by Crippen LogP contribution is -2.15. The van der Waals surface area contributed by atoms with E-state index >= 15 is 0 Å². The molecule has 0 saturated carbocycles. The van der Waals surface area contributed by atoms with Gasteiger partial charge in [0.2, 0.25) is 0 Å². The fourth-order valence-corrected chi connectivity index (χ4v) is 4.89. The third kappa shape index (κ3) is 13.4. The monoisotopic (exact) mass is 488 g/mol. The summed E-state index contributed by atoms with van der Waals surface area (Å²) in [6.07, 6.45) is 21.6. The van der Waals surface area contributed by atoms with E-state index < -0.39 is 0 Å². The van der Waals surface area contributed by atoms with Crippen LogP contribution in [0.5, 0.6) is 5.75 Å². The van der Waals surface area contributed by atoms with Crippen LogP contribution in [-0.2, 0) is 21.4 Å². The van der Waals surface area contributed by atoms with E-state index in [0.717, 1.165) is 35.1 Å². The number of unbranched alkanes of at least 4 members (excludes halogenated alkanes) is 15. The molecule has 0 fully saturated rings. The molecule has 0 radical (unpaired) electrons. The van der Waals surface area contributed by atoms with Gasteiger partial charge in [-0.05, 0) is 47.9 Å². The van der Waals surface area contributed by atoms with Gasteiger partial charge in [-0.2, -0.15) is 0 Å². The van der Waals surface area contributed by atoms with Crippen LogP contribution in [0.15, 0.2) is 6.07 Å². The molecule has 35 heavy (non-hydrogen) atoms. The molecule has 0 spiro atoms. The zero-order valence-electron chi connectivity index (χ0n) is 24.1. The predicted molar refractivity (Wildman–Crippen MR) is 150 cm³/mol. The molecule has 1 aromatic rings. The Kier molecular flexibility index (Phi) is 16.1. The topological polar surface area (TPSA) is 46.5 Å². The Morgan fingerprint density at radius 2 is 1.20 bits per heavy atom. The molecule has 0 unspecified atom stereocenters. The number of carbonyl (C=O) groups excluding carboxylic acids is 1. The Morgan fingerprint density at radius 1 is 0.771 bits per heavy atom. The van der Waals surface area contributed by atoms with Crippen molar-refractivity contribution in [2.75, 3.05) is 6.61 Å². The second-order valence-corrected chi connectivity index (χ2v) is 11.6. The summed E-state index contributed by atoms with van der Waals surface area (Å²) in [5.74, 6) is 0.115. The highest BCUT2D eigenvalue weighted by Gasteiger charge is 2.23. The molecular formula is C32H56O3. The van der Waals surface area contributed by atoms with Crippen LogP contribution in [0.2, 0.25) is 0 Å². The van der Waals surface area contributed by atoms with Gasteiger partial charge in [-0.1, -0.05) is 130 Å². The first-order valence-corrected chi connectivity index (χ1v) is 14.7. The first-order valence-electron chi connectivity index (χ1n) is 14.7. The first-order chi connectivity index (χ1) is 16.7. The fourth-order valence-electron chi connectivity index (χ4n) is 4.89. The van der Waals surface area contributed by atoms with Crippen LogP contribution in [-0.4, -0.2) is 17.7 Å². The van der Waals surface area contributed by atoms with Gasteiger partial charge in [0, 0.05) is 0 Å². The predicted octanol–water partition coefficient (Wildman–Crippen LogP) is 9.65. The van der Waals surface area contributed by atoms with Crippen molar-refractivity contribution in [2.45, 2.75) is 156 Å². The molecule has 0 aliphatic carbocycles. The summed E-state index contributed by atoms with van der Waals surface area (Å²) in [5, 5.41) is 10.6. The summed E-state index contributed by atoms with van der Waals surface area (Å²) in [6.45, 7) is 13.0. The minimum absolute atomic E-state index is 0.133. The van der Waals surface area contributed by atoms with Gasteiger partial charge in [-0.25, -0.2) is 0 Å². The number of ether oxygens (including phenoxy) is 1. The number of hydrogen-bond donors (Lipinski definition) is 1. The van der Waals surface area contributed by atoms with Gasteiger partial charge in [-0.3, -0.25) is 4.79 Å². The molecule has 0 aliphatic heterocycles. The van der Waals surface area contributed by atoms with Crippen LogP contribution in [0.3, 0.4) is 0 Å². The van der Waals surface area contributed by atoms with E-state index in [4.69, 9.17) is 4.74 Å². The van der Waals surface area contributed by atoms with Crippen LogP contribution in [0.1, 0.15) is 153 Å². The van der Waals surface area contributed by atoms with Gasteiger partial charge in [0.05, 0.1) is 13.0 Å². The van der Waals surface area contributed by atoms with Gasteiger partial charge in [0.15, 0.2) is 0 Å². The minimum Gasteiger partial charge on any atom is -0.507 e. The summed E-state index contributed by atoms with van der Waals surface area (Å²) in [4.78, 5) is 12.4. The number of phenolic OH excluding ortho intramolecular Hbond substituents is 1. The van der Waals surface area contributed by atoms with E-state index in [2.05, 4.69) is 27.7 Å². The molecule has 3 nitrogen and oxygen atoms in total. The molecule has 202 valence electrons. The van der Waals surface area contributed by atoms with Crippen molar-refractivity contribution in [3.05, 3.63) is 28.3 Å². The van der Waals surface area contributed by atoms with Crippen molar-refractivity contribution in [3.63, 3.8) is 0 Å². The van der Waals surface area contributed by atoms with Crippen LogP contribution >= 0.6 is 0 Å². The van der Waals surface area contributed by atoms with E-state index in [1.54, 1.807) is 0 Å². The zero-order valence-corrected chi connectivity index (χ0v) is 24.1. The molecule has 1 N–H and O–H groups in total. The SMILES string of the molecule is CCCCCCCCCCCCCCCCCCOC(=O)Cc1c(C)cc(C(C)(C)C)c(O)c1C. The number of carbonyl (C=O) groups is 1. The molecule has 0 saturated heterocycles. The number of benzene rings is 1. The second kappa shape index (κ2) is 17.8. The first kappa shape index (κ1) is 31.5. The van der Waals surface area contributed by atoms with Crippen LogP contribution in [0.4, 0.5) is 0 Å². The van der Waals surface area contributed by atoms with Gasteiger partial charge in [0.25, 0.3) is 0 Å².